The Bertz CT molecular complexity index is 674. The Hall–Kier alpha value is -2.31. The molecule has 4 nitrogen and oxygen atoms in total. The van der Waals surface area contributed by atoms with Gasteiger partial charge in [-0.2, -0.15) is 18.2 Å². The van der Waals surface area contributed by atoms with Crippen LogP contribution in [0.2, 0.25) is 0 Å². The number of hydrogen-bond donors (Lipinski definition) is 1. The van der Waals surface area contributed by atoms with Gasteiger partial charge in [0.05, 0.1) is 6.61 Å². The van der Waals surface area contributed by atoms with Gasteiger partial charge in [0.1, 0.15) is 5.56 Å². The molecule has 0 atom stereocenters. The van der Waals surface area contributed by atoms with Crippen molar-refractivity contribution in [3.05, 3.63) is 41.6 Å². The first-order valence-corrected chi connectivity index (χ1v) is 7.81. The number of ether oxygens (including phenoxy) is 1. The average molecular weight is 339 g/mol. The van der Waals surface area contributed by atoms with E-state index in [0.29, 0.717) is 12.1 Å². The number of nitrogens with zero attached hydrogens (tertiary/aromatic N) is 2. The smallest absolute Gasteiger partial charge is 0.423 e. The van der Waals surface area contributed by atoms with E-state index in [1.807, 2.05) is 32.0 Å². The number of benzene rings is 1. The van der Waals surface area contributed by atoms with E-state index in [4.69, 9.17) is 4.74 Å². The van der Waals surface area contributed by atoms with Crippen LogP contribution in [0.4, 0.5) is 24.8 Å². The summed E-state index contributed by atoms with van der Waals surface area (Å²) in [7, 11) is 0. The quantitative estimate of drug-likeness (QED) is 0.712. The van der Waals surface area contributed by atoms with Crippen LogP contribution in [0.1, 0.15) is 37.3 Å². The second-order valence-electron chi connectivity index (χ2n) is 5.46. The van der Waals surface area contributed by atoms with Crippen LogP contribution in [0.15, 0.2) is 30.5 Å². The molecule has 0 saturated carbocycles. The van der Waals surface area contributed by atoms with Crippen LogP contribution >= 0.6 is 0 Å². The lowest BCUT2D eigenvalue weighted by Crippen LogP contribution is -2.13. The van der Waals surface area contributed by atoms with Gasteiger partial charge in [-0.05, 0) is 31.0 Å². The molecule has 0 spiro atoms. The van der Waals surface area contributed by atoms with E-state index in [2.05, 4.69) is 15.3 Å². The summed E-state index contributed by atoms with van der Waals surface area (Å²) in [6.45, 7) is 4.12. The monoisotopic (exact) mass is 339 g/mol. The fourth-order valence-electron chi connectivity index (χ4n) is 2.10. The first-order chi connectivity index (χ1) is 11.4. The third-order valence-corrected chi connectivity index (χ3v) is 3.32. The first-order valence-electron chi connectivity index (χ1n) is 7.81. The van der Waals surface area contributed by atoms with Crippen molar-refractivity contribution in [3.8, 4) is 5.88 Å². The lowest BCUT2D eigenvalue weighted by molar-refractivity contribution is -0.139. The average Bonchev–Trinajstić information content (AvgIpc) is 2.51. The number of anilines is 2. The Morgan fingerprint density at radius 2 is 2.00 bits per heavy atom. The van der Waals surface area contributed by atoms with Gasteiger partial charge < -0.3 is 10.1 Å². The molecular weight excluding hydrogens is 319 g/mol. The molecule has 0 aliphatic rings. The van der Waals surface area contributed by atoms with E-state index in [9.17, 15) is 13.2 Å². The van der Waals surface area contributed by atoms with Crippen LogP contribution in [0, 0.1) is 6.92 Å². The third kappa shape index (κ3) is 5.11. The number of aromatic nitrogens is 2. The van der Waals surface area contributed by atoms with E-state index in [1.54, 1.807) is 6.07 Å². The van der Waals surface area contributed by atoms with Crippen LogP contribution in [0.3, 0.4) is 0 Å². The molecule has 7 heteroatoms. The zero-order valence-electron chi connectivity index (χ0n) is 13.7. The highest BCUT2D eigenvalue weighted by atomic mass is 19.4. The van der Waals surface area contributed by atoms with Crippen molar-refractivity contribution in [1.82, 2.24) is 9.97 Å². The molecule has 130 valence electrons. The SMILES string of the molecule is CCCCCOc1nc(Nc2cccc(C)c2)ncc1C(F)(F)F. The van der Waals surface area contributed by atoms with Crippen LogP contribution in [-0.2, 0) is 6.18 Å². The Morgan fingerprint density at radius 1 is 1.21 bits per heavy atom. The number of hydrogen-bond acceptors (Lipinski definition) is 4. The summed E-state index contributed by atoms with van der Waals surface area (Å²) in [5.41, 5.74) is 0.753. The summed E-state index contributed by atoms with van der Waals surface area (Å²) >= 11 is 0. The predicted octanol–water partition coefficient (Wildman–Crippen LogP) is 5.12. The van der Waals surface area contributed by atoms with Gasteiger partial charge in [-0.1, -0.05) is 31.9 Å². The summed E-state index contributed by atoms with van der Waals surface area (Å²) in [5.74, 6) is -0.372. The maximum Gasteiger partial charge on any atom is 0.423 e. The molecule has 1 N–H and O–H groups in total. The molecule has 0 unspecified atom stereocenters. The van der Waals surface area contributed by atoms with E-state index < -0.39 is 17.6 Å². The third-order valence-electron chi connectivity index (χ3n) is 3.32. The second-order valence-corrected chi connectivity index (χ2v) is 5.46. The number of halogens is 3. The number of aryl methyl sites for hydroxylation is 1. The Labute approximate surface area is 139 Å². The van der Waals surface area contributed by atoms with Crippen molar-refractivity contribution in [2.24, 2.45) is 0 Å². The molecular formula is C17H20F3N3O. The highest BCUT2D eigenvalue weighted by Gasteiger charge is 2.36. The zero-order chi connectivity index (χ0) is 17.6. The Kier molecular flexibility index (Phi) is 6.00. The minimum Gasteiger partial charge on any atom is -0.477 e. The van der Waals surface area contributed by atoms with Gasteiger partial charge in [0.15, 0.2) is 0 Å². The molecule has 0 fully saturated rings. The number of unbranched alkanes of at least 4 members (excludes halogenated alkanes) is 2. The van der Waals surface area contributed by atoms with E-state index in [-0.39, 0.29) is 12.6 Å². The van der Waals surface area contributed by atoms with Crippen molar-refractivity contribution >= 4 is 11.6 Å². The van der Waals surface area contributed by atoms with E-state index in [0.717, 1.165) is 24.6 Å². The molecule has 0 amide bonds. The molecule has 1 heterocycles. The van der Waals surface area contributed by atoms with Gasteiger partial charge in [0, 0.05) is 11.9 Å². The molecule has 2 aromatic rings. The largest absolute Gasteiger partial charge is 0.477 e. The second kappa shape index (κ2) is 7.99. The molecule has 24 heavy (non-hydrogen) atoms. The van der Waals surface area contributed by atoms with Crippen LogP contribution in [0.25, 0.3) is 0 Å². The highest BCUT2D eigenvalue weighted by molar-refractivity contribution is 5.54. The molecule has 1 aromatic heterocycles. The van der Waals surface area contributed by atoms with Gasteiger partial charge in [0.25, 0.3) is 0 Å². The molecule has 0 bridgehead atoms. The van der Waals surface area contributed by atoms with Gasteiger partial charge in [0.2, 0.25) is 11.8 Å². The standard InChI is InChI=1S/C17H20F3N3O/c1-3-4-5-9-24-15-14(17(18,19)20)11-21-16(23-15)22-13-8-6-7-12(2)10-13/h6-8,10-11H,3-5,9H2,1-2H3,(H,21,22,23). The summed E-state index contributed by atoms with van der Waals surface area (Å²) in [6.07, 6.45) is -1.28. The first kappa shape index (κ1) is 18.0. The summed E-state index contributed by atoms with van der Waals surface area (Å²) in [5, 5.41) is 2.90. The van der Waals surface area contributed by atoms with Gasteiger partial charge in [-0.3, -0.25) is 0 Å². The van der Waals surface area contributed by atoms with Crippen LogP contribution in [0.5, 0.6) is 5.88 Å². The molecule has 0 radical (unpaired) electrons. The molecule has 0 saturated heterocycles. The zero-order valence-corrected chi connectivity index (χ0v) is 13.7. The molecule has 0 aliphatic heterocycles. The molecule has 1 aromatic carbocycles. The maximum atomic E-state index is 13.1. The number of nitrogens with one attached hydrogen (secondary N) is 1. The van der Waals surface area contributed by atoms with Gasteiger partial charge in [-0.25, -0.2) is 4.98 Å². The maximum absolute atomic E-state index is 13.1. The van der Waals surface area contributed by atoms with Gasteiger partial charge >= 0.3 is 6.18 Å². The molecule has 2 rings (SSSR count). The lowest BCUT2D eigenvalue weighted by Gasteiger charge is -2.14. The number of alkyl halides is 3. The molecule has 0 aliphatic carbocycles. The fraction of sp³-hybridized carbons (Fsp3) is 0.412. The van der Waals surface area contributed by atoms with Crippen molar-refractivity contribution in [3.63, 3.8) is 0 Å². The van der Waals surface area contributed by atoms with Crippen LogP contribution < -0.4 is 10.1 Å². The Balaban J connectivity index is 2.20. The van der Waals surface area contributed by atoms with E-state index >= 15 is 0 Å². The fourth-order valence-corrected chi connectivity index (χ4v) is 2.10. The Morgan fingerprint density at radius 3 is 2.67 bits per heavy atom. The van der Waals surface area contributed by atoms with Crippen LogP contribution in [-0.4, -0.2) is 16.6 Å². The van der Waals surface area contributed by atoms with Crippen molar-refractivity contribution < 1.29 is 17.9 Å². The minimum atomic E-state index is -4.55. The summed E-state index contributed by atoms with van der Waals surface area (Å²) in [4.78, 5) is 7.65. The number of rotatable bonds is 7. The summed E-state index contributed by atoms with van der Waals surface area (Å²) in [6, 6.07) is 7.39. The topological polar surface area (TPSA) is 47.0 Å². The highest BCUT2D eigenvalue weighted by Crippen LogP contribution is 2.35. The minimum absolute atomic E-state index is 0.0686. The van der Waals surface area contributed by atoms with Crippen molar-refractivity contribution in [2.75, 3.05) is 11.9 Å². The van der Waals surface area contributed by atoms with E-state index in [1.165, 1.54) is 0 Å². The van der Waals surface area contributed by atoms with Gasteiger partial charge in [-0.15, -0.1) is 0 Å². The van der Waals surface area contributed by atoms with Crippen molar-refractivity contribution in [1.29, 1.82) is 0 Å². The summed E-state index contributed by atoms with van der Waals surface area (Å²) < 4.78 is 44.4. The predicted molar refractivity (Wildman–Crippen MR) is 86.5 cm³/mol. The normalized spacial score (nSPS) is 11.4. The lowest BCUT2D eigenvalue weighted by atomic mass is 10.2. The van der Waals surface area contributed by atoms with Crippen molar-refractivity contribution in [2.45, 2.75) is 39.3 Å².